The zero-order valence-corrected chi connectivity index (χ0v) is 10.3. The molecule has 5 heteroatoms. The van der Waals surface area contributed by atoms with Gasteiger partial charge in [0.15, 0.2) is 5.78 Å². The smallest absolute Gasteiger partial charge is 0.171 e. The molecule has 1 aromatic heterocycles. The summed E-state index contributed by atoms with van der Waals surface area (Å²) in [6.45, 7) is 0. The number of carbonyl (C=O) groups excluding carboxylic acids is 1. The Balaban J connectivity index is 2.23. The minimum atomic E-state index is -0.526. The molecular formula is C12H8BrFN2O. The second-order valence-corrected chi connectivity index (χ2v) is 4.35. The van der Waals surface area contributed by atoms with Crippen LogP contribution in [0.5, 0.6) is 0 Å². The third kappa shape index (κ3) is 2.94. The summed E-state index contributed by atoms with van der Waals surface area (Å²) >= 11 is 3.20. The largest absolute Gasteiger partial charge is 0.294 e. The summed E-state index contributed by atoms with van der Waals surface area (Å²) in [6.07, 6.45) is 1.56. The minimum Gasteiger partial charge on any atom is -0.294 e. The van der Waals surface area contributed by atoms with E-state index in [1.54, 1.807) is 18.2 Å². The molecule has 0 fully saturated rings. The predicted octanol–water partition coefficient (Wildman–Crippen LogP) is 2.80. The normalized spacial score (nSPS) is 10.2. The van der Waals surface area contributed by atoms with E-state index in [0.29, 0.717) is 10.2 Å². The van der Waals surface area contributed by atoms with Crippen molar-refractivity contribution in [3.05, 3.63) is 58.1 Å². The quantitative estimate of drug-likeness (QED) is 0.818. The van der Waals surface area contributed by atoms with Crippen LogP contribution in [0, 0.1) is 5.82 Å². The van der Waals surface area contributed by atoms with Crippen molar-refractivity contribution in [3.63, 3.8) is 0 Å². The molecule has 0 aliphatic rings. The number of carbonyl (C=O) groups is 1. The molecule has 0 unspecified atom stereocenters. The van der Waals surface area contributed by atoms with Crippen molar-refractivity contribution < 1.29 is 9.18 Å². The highest BCUT2D eigenvalue weighted by atomic mass is 79.9. The Hall–Kier alpha value is -1.62. The molecule has 0 saturated heterocycles. The zero-order valence-electron chi connectivity index (χ0n) is 8.73. The zero-order chi connectivity index (χ0) is 12.3. The van der Waals surface area contributed by atoms with Crippen molar-refractivity contribution in [1.29, 1.82) is 0 Å². The average molecular weight is 295 g/mol. The minimum absolute atomic E-state index is 0.0429. The molecule has 0 aliphatic heterocycles. The number of halogens is 2. The van der Waals surface area contributed by atoms with Gasteiger partial charge in [0.2, 0.25) is 0 Å². The van der Waals surface area contributed by atoms with Crippen molar-refractivity contribution in [3.8, 4) is 0 Å². The van der Waals surface area contributed by atoms with E-state index >= 15 is 0 Å². The first-order valence-electron chi connectivity index (χ1n) is 4.91. The Morgan fingerprint density at radius 3 is 2.88 bits per heavy atom. The Morgan fingerprint density at radius 1 is 1.35 bits per heavy atom. The summed E-state index contributed by atoms with van der Waals surface area (Å²) in [5.41, 5.74) is 0.585. The van der Waals surface area contributed by atoms with E-state index in [0.717, 1.165) is 0 Å². The van der Waals surface area contributed by atoms with Gasteiger partial charge in [0.1, 0.15) is 5.82 Å². The Morgan fingerprint density at radius 2 is 2.18 bits per heavy atom. The van der Waals surface area contributed by atoms with Crippen molar-refractivity contribution in [2.24, 2.45) is 0 Å². The Bertz CT molecular complexity index is 545. The highest BCUT2D eigenvalue weighted by Gasteiger charge is 2.13. The van der Waals surface area contributed by atoms with Crippen LogP contribution in [0.15, 0.2) is 41.0 Å². The number of hydrogen-bond acceptors (Lipinski definition) is 3. The molecule has 0 amide bonds. The number of ketones is 1. The van der Waals surface area contributed by atoms with Gasteiger partial charge in [-0.05, 0) is 30.3 Å². The van der Waals surface area contributed by atoms with Crippen LogP contribution in [-0.4, -0.2) is 16.0 Å². The van der Waals surface area contributed by atoms with Crippen LogP contribution in [0.25, 0.3) is 0 Å². The van der Waals surface area contributed by atoms with Crippen molar-refractivity contribution >= 4 is 21.7 Å². The number of Topliss-reactive ketones (excluding diaryl/α,β-unsaturated/α-hetero) is 1. The Labute approximate surface area is 106 Å². The van der Waals surface area contributed by atoms with Crippen molar-refractivity contribution in [2.45, 2.75) is 6.42 Å². The van der Waals surface area contributed by atoms with Gasteiger partial charge in [-0.1, -0.05) is 15.9 Å². The van der Waals surface area contributed by atoms with Crippen LogP contribution >= 0.6 is 15.9 Å². The monoisotopic (exact) mass is 294 g/mol. The summed E-state index contributed by atoms with van der Waals surface area (Å²) in [4.78, 5) is 11.9. The summed E-state index contributed by atoms with van der Waals surface area (Å²) in [6, 6.07) is 7.64. The van der Waals surface area contributed by atoms with E-state index in [2.05, 4.69) is 26.1 Å². The van der Waals surface area contributed by atoms with Crippen LogP contribution in [0.2, 0.25) is 0 Å². The van der Waals surface area contributed by atoms with Gasteiger partial charge < -0.3 is 0 Å². The van der Waals surface area contributed by atoms with Gasteiger partial charge >= 0.3 is 0 Å². The fraction of sp³-hybridized carbons (Fsp3) is 0.0833. The summed E-state index contributed by atoms with van der Waals surface area (Å²) in [7, 11) is 0. The number of hydrogen-bond donors (Lipinski definition) is 0. The van der Waals surface area contributed by atoms with E-state index in [1.807, 2.05) is 0 Å². The molecule has 0 saturated carbocycles. The maximum atomic E-state index is 13.4. The summed E-state index contributed by atoms with van der Waals surface area (Å²) < 4.78 is 14.1. The van der Waals surface area contributed by atoms with Gasteiger partial charge in [-0.15, -0.1) is 0 Å². The maximum absolute atomic E-state index is 13.4. The number of benzene rings is 1. The average Bonchev–Trinajstić information content (AvgIpc) is 2.33. The molecule has 17 heavy (non-hydrogen) atoms. The number of aromatic nitrogens is 2. The lowest BCUT2D eigenvalue weighted by Gasteiger charge is -2.02. The molecule has 86 valence electrons. The topological polar surface area (TPSA) is 42.9 Å². The van der Waals surface area contributed by atoms with Crippen molar-refractivity contribution in [1.82, 2.24) is 10.2 Å². The predicted molar refractivity (Wildman–Crippen MR) is 64.2 cm³/mol. The standard InChI is InChI=1S/C12H8BrFN2O/c13-8-3-4-11(14)10(6-8)12(17)7-9-2-1-5-15-16-9/h1-6H,7H2. The SMILES string of the molecule is O=C(Cc1cccnn1)c1cc(Br)ccc1F. The molecule has 2 rings (SSSR count). The molecule has 0 N–H and O–H groups in total. The van der Waals surface area contributed by atoms with E-state index in [4.69, 9.17) is 0 Å². The fourth-order valence-corrected chi connectivity index (χ4v) is 1.76. The van der Waals surface area contributed by atoms with E-state index < -0.39 is 5.82 Å². The lowest BCUT2D eigenvalue weighted by Crippen LogP contribution is -2.07. The van der Waals surface area contributed by atoms with Crippen LogP contribution in [-0.2, 0) is 6.42 Å². The van der Waals surface area contributed by atoms with Crippen LogP contribution in [0.3, 0.4) is 0 Å². The second kappa shape index (κ2) is 5.14. The molecular weight excluding hydrogens is 287 g/mol. The lowest BCUT2D eigenvalue weighted by atomic mass is 10.1. The van der Waals surface area contributed by atoms with Crippen LogP contribution in [0.4, 0.5) is 4.39 Å². The van der Waals surface area contributed by atoms with Crippen molar-refractivity contribution in [2.75, 3.05) is 0 Å². The molecule has 0 bridgehead atoms. The van der Waals surface area contributed by atoms with Gasteiger partial charge in [0.05, 0.1) is 17.7 Å². The first-order chi connectivity index (χ1) is 8.16. The highest BCUT2D eigenvalue weighted by molar-refractivity contribution is 9.10. The number of rotatable bonds is 3. The highest BCUT2D eigenvalue weighted by Crippen LogP contribution is 2.17. The lowest BCUT2D eigenvalue weighted by molar-refractivity contribution is 0.0987. The first-order valence-corrected chi connectivity index (χ1v) is 5.71. The second-order valence-electron chi connectivity index (χ2n) is 3.44. The molecule has 0 atom stereocenters. The molecule has 0 aliphatic carbocycles. The third-order valence-electron chi connectivity index (χ3n) is 2.20. The molecule has 2 aromatic rings. The van der Waals surface area contributed by atoms with E-state index in [-0.39, 0.29) is 17.8 Å². The fourth-order valence-electron chi connectivity index (χ4n) is 1.40. The molecule has 3 nitrogen and oxygen atoms in total. The van der Waals surface area contributed by atoms with Crippen LogP contribution in [0.1, 0.15) is 16.1 Å². The molecule has 1 heterocycles. The van der Waals surface area contributed by atoms with Gasteiger partial charge in [0.25, 0.3) is 0 Å². The summed E-state index contributed by atoms with van der Waals surface area (Å²) in [5, 5.41) is 7.46. The van der Waals surface area contributed by atoms with Gasteiger partial charge in [-0.3, -0.25) is 4.79 Å². The van der Waals surface area contributed by atoms with Crippen LogP contribution < -0.4 is 0 Å². The first kappa shape index (κ1) is 11.9. The van der Waals surface area contributed by atoms with Gasteiger partial charge in [-0.2, -0.15) is 10.2 Å². The van der Waals surface area contributed by atoms with Gasteiger partial charge in [0, 0.05) is 10.7 Å². The summed E-state index contributed by atoms with van der Waals surface area (Å²) in [5.74, 6) is -0.841. The number of nitrogens with zero attached hydrogens (tertiary/aromatic N) is 2. The van der Waals surface area contributed by atoms with Gasteiger partial charge in [-0.25, -0.2) is 4.39 Å². The maximum Gasteiger partial charge on any atom is 0.171 e. The third-order valence-corrected chi connectivity index (χ3v) is 2.69. The van der Waals surface area contributed by atoms with E-state index in [9.17, 15) is 9.18 Å². The molecule has 0 radical (unpaired) electrons. The Kier molecular flexibility index (Phi) is 3.58. The molecule has 0 spiro atoms. The van der Waals surface area contributed by atoms with E-state index in [1.165, 1.54) is 18.3 Å². The molecule has 1 aromatic carbocycles.